The second kappa shape index (κ2) is 17.7. The van der Waals surface area contributed by atoms with E-state index in [0.29, 0.717) is 90.1 Å². The Labute approximate surface area is 352 Å². The van der Waals surface area contributed by atoms with Crippen LogP contribution in [-0.4, -0.2) is 116 Å². The van der Waals surface area contributed by atoms with Crippen molar-refractivity contribution in [3.63, 3.8) is 0 Å². The van der Waals surface area contributed by atoms with Crippen molar-refractivity contribution in [1.82, 2.24) is 40.4 Å². The number of carbonyl (C=O) groups excluding carboxylic acids is 2. The fourth-order valence-corrected chi connectivity index (χ4v) is 9.98. The first-order valence-electron chi connectivity index (χ1n) is 21.4. The maximum absolute atomic E-state index is 13.9. The van der Waals surface area contributed by atoms with Gasteiger partial charge in [-0.2, -0.15) is 0 Å². The molecule has 4 aromatic rings. The molecule has 4 fully saturated rings. The lowest BCUT2D eigenvalue weighted by molar-refractivity contribution is -0.137. The van der Waals surface area contributed by atoms with Crippen LogP contribution in [-0.2, 0) is 37.0 Å². The van der Waals surface area contributed by atoms with E-state index in [9.17, 15) is 29.4 Å². The number of nitrogens with zero attached hydrogens (tertiary/aromatic N) is 4. The van der Waals surface area contributed by atoms with Crippen LogP contribution in [0, 0.1) is 11.8 Å². The molecule has 4 amide bonds. The summed E-state index contributed by atoms with van der Waals surface area (Å²) >= 11 is 0. The van der Waals surface area contributed by atoms with E-state index in [0.717, 1.165) is 70.5 Å². The summed E-state index contributed by atoms with van der Waals surface area (Å²) in [5, 5.41) is 24.2. The number of rotatable bonds is 10. The van der Waals surface area contributed by atoms with Crippen molar-refractivity contribution >= 4 is 24.0 Å². The van der Waals surface area contributed by atoms with E-state index in [1.807, 2.05) is 0 Å². The summed E-state index contributed by atoms with van der Waals surface area (Å²) in [5.74, 6) is 0.671. The van der Waals surface area contributed by atoms with E-state index >= 15 is 0 Å². The number of hydrogen-bond donors (Lipinski definition) is 6. The van der Waals surface area contributed by atoms with Gasteiger partial charge in [-0.05, 0) is 109 Å². The van der Waals surface area contributed by atoms with E-state index in [1.165, 1.54) is 0 Å². The third-order valence-electron chi connectivity index (χ3n) is 13.1. The van der Waals surface area contributed by atoms with Crippen LogP contribution in [0.1, 0.15) is 86.2 Å². The summed E-state index contributed by atoms with van der Waals surface area (Å²) in [5.41, 5.74) is 7.71. The Morgan fingerprint density at radius 2 is 1.05 bits per heavy atom. The lowest BCUT2D eigenvalue weighted by Crippen LogP contribution is -2.52. The average molecular weight is 837 g/mol. The monoisotopic (exact) mass is 836 g/mol. The summed E-state index contributed by atoms with van der Waals surface area (Å²) in [7, 11) is 0. The number of aromatic amines is 2. The molecule has 4 atom stereocenters. The number of imidazole rings is 2. The fourth-order valence-electron chi connectivity index (χ4n) is 9.98. The minimum atomic E-state index is -1.21. The largest absolute Gasteiger partial charge is 0.465 e. The number of carbonyl (C=O) groups is 4. The smallest absolute Gasteiger partial charge is 0.405 e. The Balaban J connectivity index is 0.902. The van der Waals surface area contributed by atoms with Crippen molar-refractivity contribution in [2.45, 2.75) is 88.7 Å². The van der Waals surface area contributed by atoms with Gasteiger partial charge < -0.3 is 54.8 Å². The zero-order valence-electron chi connectivity index (χ0n) is 33.9. The maximum atomic E-state index is 13.9. The summed E-state index contributed by atoms with van der Waals surface area (Å²) in [4.78, 5) is 71.2. The van der Waals surface area contributed by atoms with Crippen molar-refractivity contribution < 1.29 is 43.6 Å². The Morgan fingerprint density at radius 3 is 1.46 bits per heavy atom. The van der Waals surface area contributed by atoms with Crippen LogP contribution >= 0.6 is 0 Å². The molecule has 0 spiro atoms. The number of likely N-dealkylation sites (tertiary alicyclic amines) is 2. The number of amides is 4. The summed E-state index contributed by atoms with van der Waals surface area (Å²) in [6.45, 7) is 3.92. The zero-order chi connectivity index (χ0) is 42.0. The molecule has 7 heterocycles. The molecule has 6 N–H and O–H groups in total. The lowest BCUT2D eigenvalue weighted by Gasteiger charge is -2.33. The molecule has 0 saturated carbocycles. The molecule has 0 aliphatic carbocycles. The van der Waals surface area contributed by atoms with Crippen LogP contribution in [0.2, 0.25) is 0 Å². The second-order valence-electron chi connectivity index (χ2n) is 16.7. The van der Waals surface area contributed by atoms with E-state index in [2.05, 4.69) is 57.0 Å². The molecule has 17 nitrogen and oxygen atoms in total. The molecule has 0 radical (unpaired) electrons. The van der Waals surface area contributed by atoms with Gasteiger partial charge >= 0.3 is 12.2 Å². The Bertz CT molecular complexity index is 2110. The molecule has 3 unspecified atom stereocenters. The predicted molar refractivity (Wildman–Crippen MR) is 220 cm³/mol. The molecule has 5 aliphatic heterocycles. The van der Waals surface area contributed by atoms with Gasteiger partial charge in [-0.1, -0.05) is 24.3 Å². The first kappa shape index (κ1) is 40.6. The van der Waals surface area contributed by atoms with Gasteiger partial charge in [-0.3, -0.25) is 9.59 Å². The van der Waals surface area contributed by atoms with Crippen LogP contribution in [0.3, 0.4) is 0 Å². The SMILES string of the molecule is O=C(O)NC(C(=O)N1CCCC1c1ncc(-c2ccc3c(c2)COCc2cc(-c4cnc([C@@H]5CCCN5C(=O)C(NC(=O)O)C5CCOCC5)[nH]4)ccc2-3)[nH]1)C1CCOCC1. The van der Waals surface area contributed by atoms with Crippen LogP contribution in [0.4, 0.5) is 9.59 Å². The first-order chi connectivity index (χ1) is 29.7. The normalized spacial score (nSPS) is 21.9. The van der Waals surface area contributed by atoms with Gasteiger partial charge in [0, 0.05) is 39.5 Å². The topological polar surface area (TPSA) is 224 Å². The molecule has 4 saturated heterocycles. The van der Waals surface area contributed by atoms with E-state index < -0.39 is 24.3 Å². The number of carboxylic acid groups (broad SMARTS) is 2. The average Bonchev–Trinajstić information content (AvgIpc) is 4.11. The number of nitrogens with one attached hydrogen (secondary N) is 4. The molecule has 322 valence electrons. The molecule has 0 bridgehead atoms. The van der Waals surface area contributed by atoms with Crippen LogP contribution in [0.25, 0.3) is 33.6 Å². The van der Waals surface area contributed by atoms with Crippen molar-refractivity contribution in [1.29, 1.82) is 0 Å². The lowest BCUT2D eigenvalue weighted by atomic mass is 9.90. The standard InChI is InChI=1S/C44H52N8O9/c53-41(37(49-43(55)56)25-9-15-59-16-10-25)51-13-1-3-35(51)39-45-21-33(47-39)27-5-7-31-29(19-27)23-61-24-30-20-28(6-8-32(30)31)34-22-46-40(48-34)36-4-2-14-52(36)42(54)38(50-44(57)58)26-11-17-60-18-12-26/h5-8,19-22,25-26,35-38,49-50H,1-4,9-18,23-24H2,(H,45,47)(H,46,48)(H,55,56)(H,57,58)/t35-,36?,37?,38?/m0/s1. The minimum absolute atomic E-state index is 0.123. The molecule has 2 aromatic heterocycles. The number of hydrogen-bond acceptors (Lipinski definition) is 9. The molecule has 17 heteroatoms. The summed E-state index contributed by atoms with van der Waals surface area (Å²) < 4.78 is 17.2. The van der Waals surface area contributed by atoms with Gasteiger partial charge in [-0.25, -0.2) is 19.6 Å². The van der Waals surface area contributed by atoms with Crippen molar-refractivity contribution in [3.8, 4) is 33.6 Å². The molecular formula is C44H52N8O9. The van der Waals surface area contributed by atoms with Crippen LogP contribution < -0.4 is 10.6 Å². The number of ether oxygens (including phenoxy) is 3. The minimum Gasteiger partial charge on any atom is -0.465 e. The van der Waals surface area contributed by atoms with Gasteiger partial charge in [0.1, 0.15) is 23.7 Å². The van der Waals surface area contributed by atoms with Gasteiger partial charge in [0.15, 0.2) is 0 Å². The van der Waals surface area contributed by atoms with Crippen molar-refractivity contribution in [2.75, 3.05) is 39.5 Å². The third kappa shape index (κ3) is 8.46. The second-order valence-corrected chi connectivity index (χ2v) is 16.7. The van der Waals surface area contributed by atoms with Crippen molar-refractivity contribution in [3.05, 3.63) is 71.6 Å². The number of aromatic nitrogens is 4. The highest BCUT2D eigenvalue weighted by atomic mass is 16.5. The van der Waals surface area contributed by atoms with E-state index in [-0.39, 0.29) is 35.7 Å². The Hall–Kier alpha value is -5.78. The summed E-state index contributed by atoms with van der Waals surface area (Å²) in [6, 6.07) is 10.3. The van der Waals surface area contributed by atoms with Crippen LogP contribution in [0.5, 0.6) is 0 Å². The van der Waals surface area contributed by atoms with Gasteiger partial charge in [-0.15, -0.1) is 0 Å². The number of H-pyrrole nitrogens is 2. The number of benzene rings is 2. The van der Waals surface area contributed by atoms with Gasteiger partial charge in [0.25, 0.3) is 0 Å². The molecule has 2 aromatic carbocycles. The zero-order valence-corrected chi connectivity index (χ0v) is 33.9. The van der Waals surface area contributed by atoms with E-state index in [1.54, 1.807) is 22.2 Å². The highest BCUT2D eigenvalue weighted by Gasteiger charge is 2.41. The molecule has 9 rings (SSSR count). The predicted octanol–water partition coefficient (Wildman–Crippen LogP) is 5.62. The Kier molecular flexibility index (Phi) is 11.8. The Morgan fingerprint density at radius 1 is 0.623 bits per heavy atom. The number of fused-ring (bicyclic) bond motifs is 3. The fraction of sp³-hybridized carbons (Fsp3) is 0.500. The quantitative estimate of drug-likeness (QED) is 0.115. The third-order valence-corrected chi connectivity index (χ3v) is 13.1. The molecular weight excluding hydrogens is 785 g/mol. The van der Waals surface area contributed by atoms with Gasteiger partial charge in [0.2, 0.25) is 11.8 Å². The highest BCUT2D eigenvalue weighted by Crippen LogP contribution is 2.39. The maximum Gasteiger partial charge on any atom is 0.405 e. The summed E-state index contributed by atoms with van der Waals surface area (Å²) in [6.07, 6.45) is 6.70. The van der Waals surface area contributed by atoms with E-state index in [4.69, 9.17) is 24.2 Å². The molecule has 5 aliphatic rings. The van der Waals surface area contributed by atoms with Crippen LogP contribution in [0.15, 0.2) is 48.8 Å². The molecule has 61 heavy (non-hydrogen) atoms. The highest BCUT2D eigenvalue weighted by molar-refractivity contribution is 5.87. The van der Waals surface area contributed by atoms with Crippen molar-refractivity contribution in [2.24, 2.45) is 11.8 Å². The van der Waals surface area contributed by atoms with Gasteiger partial charge in [0.05, 0.1) is 49.1 Å². The first-order valence-corrected chi connectivity index (χ1v) is 21.4.